The molecule has 1 fully saturated rings. The average molecular weight is 262 g/mol. The van der Waals surface area contributed by atoms with Crippen LogP contribution in [0.5, 0.6) is 0 Å². The summed E-state index contributed by atoms with van der Waals surface area (Å²) in [6.45, 7) is 8.45. The van der Waals surface area contributed by atoms with Crippen molar-refractivity contribution in [2.24, 2.45) is 11.7 Å². The van der Waals surface area contributed by atoms with Gasteiger partial charge in [0.2, 0.25) is 5.95 Å². The predicted octanol–water partition coefficient (Wildman–Crippen LogP) is 2.17. The quantitative estimate of drug-likeness (QED) is 0.903. The Morgan fingerprint density at radius 3 is 2.47 bits per heavy atom. The second-order valence-corrected chi connectivity index (χ2v) is 5.57. The number of nitrogens with zero attached hydrogens (tertiary/aromatic N) is 3. The van der Waals surface area contributed by atoms with E-state index in [0.29, 0.717) is 5.92 Å². The zero-order valence-corrected chi connectivity index (χ0v) is 12.4. The molecule has 1 aromatic rings. The normalized spacial score (nSPS) is 21.5. The monoisotopic (exact) mass is 262 g/mol. The molecule has 0 aliphatic carbocycles. The van der Waals surface area contributed by atoms with Crippen molar-refractivity contribution in [3.63, 3.8) is 0 Å². The van der Waals surface area contributed by atoms with E-state index in [1.807, 2.05) is 0 Å². The van der Waals surface area contributed by atoms with Crippen molar-refractivity contribution in [3.05, 3.63) is 17.5 Å². The van der Waals surface area contributed by atoms with E-state index in [0.717, 1.165) is 43.3 Å². The van der Waals surface area contributed by atoms with Crippen molar-refractivity contribution in [2.75, 3.05) is 18.0 Å². The van der Waals surface area contributed by atoms with Gasteiger partial charge in [0.15, 0.2) is 0 Å². The molecule has 0 radical (unpaired) electrons. The van der Waals surface area contributed by atoms with Gasteiger partial charge in [-0.15, -0.1) is 0 Å². The van der Waals surface area contributed by atoms with E-state index in [2.05, 4.69) is 31.7 Å². The molecule has 2 N–H and O–H groups in total. The molecule has 2 heterocycles. The molecule has 1 aromatic heterocycles. The van der Waals surface area contributed by atoms with Crippen LogP contribution in [-0.2, 0) is 12.8 Å². The van der Waals surface area contributed by atoms with Crippen LogP contribution >= 0.6 is 0 Å². The van der Waals surface area contributed by atoms with Crippen LogP contribution < -0.4 is 10.6 Å². The molecule has 2 atom stereocenters. The zero-order valence-electron chi connectivity index (χ0n) is 12.4. The maximum atomic E-state index is 6.05. The summed E-state index contributed by atoms with van der Waals surface area (Å²) < 4.78 is 0. The molecular weight excluding hydrogens is 236 g/mol. The number of aromatic nitrogens is 2. The van der Waals surface area contributed by atoms with Crippen molar-refractivity contribution < 1.29 is 0 Å². The average Bonchev–Trinajstić information content (AvgIpc) is 2.46. The highest BCUT2D eigenvalue weighted by atomic mass is 15.3. The minimum absolute atomic E-state index is 0.253. The fourth-order valence-electron chi connectivity index (χ4n) is 2.66. The highest BCUT2D eigenvalue weighted by molar-refractivity contribution is 5.33. The standard InChI is InChI=1S/C15H26N4/c1-4-13-9-14(5-2)18-15(17-13)19-8-6-7-12(10-19)11(3)16/h9,11-12H,4-8,10,16H2,1-3H3. The molecule has 0 bridgehead atoms. The SMILES string of the molecule is CCc1cc(CC)nc(N2CCCC(C(C)N)C2)n1. The summed E-state index contributed by atoms with van der Waals surface area (Å²) in [7, 11) is 0. The maximum Gasteiger partial charge on any atom is 0.225 e. The lowest BCUT2D eigenvalue weighted by molar-refractivity contribution is 0.361. The Labute approximate surface area is 116 Å². The van der Waals surface area contributed by atoms with Crippen LogP contribution in [0.3, 0.4) is 0 Å². The molecule has 4 nitrogen and oxygen atoms in total. The molecule has 1 saturated heterocycles. The first-order chi connectivity index (χ1) is 9.13. The van der Waals surface area contributed by atoms with Gasteiger partial charge in [0, 0.05) is 30.5 Å². The van der Waals surface area contributed by atoms with Gasteiger partial charge in [-0.05, 0) is 44.6 Å². The minimum Gasteiger partial charge on any atom is -0.340 e. The number of piperidine rings is 1. The molecule has 1 aliphatic rings. The first-order valence-electron chi connectivity index (χ1n) is 7.51. The van der Waals surface area contributed by atoms with Crippen molar-refractivity contribution >= 4 is 5.95 Å². The Balaban J connectivity index is 2.20. The molecule has 0 amide bonds. The molecule has 2 rings (SSSR count). The summed E-state index contributed by atoms with van der Waals surface area (Å²) >= 11 is 0. The van der Waals surface area contributed by atoms with Crippen molar-refractivity contribution in [2.45, 2.75) is 52.5 Å². The first-order valence-corrected chi connectivity index (χ1v) is 7.51. The van der Waals surface area contributed by atoms with E-state index < -0.39 is 0 Å². The molecule has 4 heteroatoms. The largest absolute Gasteiger partial charge is 0.340 e. The molecule has 1 aliphatic heterocycles. The Morgan fingerprint density at radius 2 is 1.95 bits per heavy atom. The summed E-state index contributed by atoms with van der Waals surface area (Å²) in [5.41, 5.74) is 8.34. The van der Waals surface area contributed by atoms with Crippen LogP contribution in [0.1, 0.15) is 45.0 Å². The van der Waals surface area contributed by atoms with Gasteiger partial charge in [-0.25, -0.2) is 9.97 Å². The topological polar surface area (TPSA) is 55.0 Å². The number of rotatable bonds is 4. The number of hydrogen-bond acceptors (Lipinski definition) is 4. The van der Waals surface area contributed by atoms with Gasteiger partial charge in [-0.1, -0.05) is 13.8 Å². The van der Waals surface area contributed by atoms with Crippen molar-refractivity contribution in [1.82, 2.24) is 9.97 Å². The molecule has 19 heavy (non-hydrogen) atoms. The van der Waals surface area contributed by atoms with E-state index in [1.54, 1.807) is 0 Å². The lowest BCUT2D eigenvalue weighted by Gasteiger charge is -2.34. The number of aryl methyl sites for hydroxylation is 2. The summed E-state index contributed by atoms with van der Waals surface area (Å²) in [4.78, 5) is 11.7. The summed E-state index contributed by atoms with van der Waals surface area (Å²) in [5, 5.41) is 0. The maximum absolute atomic E-state index is 6.05. The lowest BCUT2D eigenvalue weighted by atomic mass is 9.92. The molecule has 0 spiro atoms. The van der Waals surface area contributed by atoms with E-state index in [4.69, 9.17) is 15.7 Å². The Morgan fingerprint density at radius 1 is 1.32 bits per heavy atom. The number of anilines is 1. The zero-order chi connectivity index (χ0) is 13.8. The van der Waals surface area contributed by atoms with Crippen LogP contribution in [0.25, 0.3) is 0 Å². The van der Waals surface area contributed by atoms with Gasteiger partial charge >= 0.3 is 0 Å². The fourth-order valence-corrected chi connectivity index (χ4v) is 2.66. The van der Waals surface area contributed by atoms with Crippen molar-refractivity contribution in [1.29, 1.82) is 0 Å². The smallest absolute Gasteiger partial charge is 0.225 e. The third kappa shape index (κ3) is 3.44. The highest BCUT2D eigenvalue weighted by Gasteiger charge is 2.24. The minimum atomic E-state index is 0.253. The van der Waals surface area contributed by atoms with Crippen LogP contribution in [0, 0.1) is 5.92 Å². The van der Waals surface area contributed by atoms with Gasteiger partial charge in [0.1, 0.15) is 0 Å². The summed E-state index contributed by atoms with van der Waals surface area (Å²) in [6.07, 6.45) is 4.34. The van der Waals surface area contributed by atoms with Gasteiger partial charge < -0.3 is 10.6 Å². The lowest BCUT2D eigenvalue weighted by Crippen LogP contribution is -2.43. The van der Waals surface area contributed by atoms with Gasteiger partial charge in [0.05, 0.1) is 0 Å². The highest BCUT2D eigenvalue weighted by Crippen LogP contribution is 2.22. The van der Waals surface area contributed by atoms with Gasteiger partial charge in [0.25, 0.3) is 0 Å². The Kier molecular flexibility index (Phi) is 4.75. The molecule has 0 aromatic carbocycles. The second-order valence-electron chi connectivity index (χ2n) is 5.57. The second kappa shape index (κ2) is 6.33. The fraction of sp³-hybridized carbons (Fsp3) is 0.733. The molecular formula is C15H26N4. The van der Waals surface area contributed by atoms with Crippen LogP contribution in [0.15, 0.2) is 6.07 Å². The molecule has 106 valence electrons. The van der Waals surface area contributed by atoms with Gasteiger partial charge in [-0.3, -0.25) is 0 Å². The predicted molar refractivity (Wildman–Crippen MR) is 79.4 cm³/mol. The third-order valence-corrected chi connectivity index (χ3v) is 4.03. The van der Waals surface area contributed by atoms with Gasteiger partial charge in [-0.2, -0.15) is 0 Å². The summed E-state index contributed by atoms with van der Waals surface area (Å²) in [5.74, 6) is 1.47. The molecule has 0 saturated carbocycles. The van der Waals surface area contributed by atoms with Crippen LogP contribution in [-0.4, -0.2) is 29.1 Å². The Hall–Kier alpha value is -1.16. The third-order valence-electron chi connectivity index (χ3n) is 4.03. The van der Waals surface area contributed by atoms with E-state index >= 15 is 0 Å². The van der Waals surface area contributed by atoms with E-state index in [-0.39, 0.29) is 6.04 Å². The Bertz CT molecular complexity index is 394. The number of hydrogen-bond donors (Lipinski definition) is 1. The van der Waals surface area contributed by atoms with Crippen molar-refractivity contribution in [3.8, 4) is 0 Å². The van der Waals surface area contributed by atoms with Crippen LogP contribution in [0.2, 0.25) is 0 Å². The first kappa shape index (κ1) is 14.3. The van der Waals surface area contributed by atoms with E-state index in [1.165, 1.54) is 12.8 Å². The molecule has 2 unspecified atom stereocenters. The summed E-state index contributed by atoms with van der Waals surface area (Å²) in [6, 6.07) is 2.37. The van der Waals surface area contributed by atoms with Crippen LogP contribution in [0.4, 0.5) is 5.95 Å². The van der Waals surface area contributed by atoms with E-state index in [9.17, 15) is 0 Å². The number of nitrogens with two attached hydrogens (primary N) is 1.